The van der Waals surface area contributed by atoms with E-state index in [1.54, 1.807) is 10.9 Å². The van der Waals surface area contributed by atoms with Gasteiger partial charge in [0.25, 0.3) is 5.56 Å². The molecular weight excluding hydrogens is 456 g/mol. The lowest BCUT2D eigenvalue weighted by molar-refractivity contribution is -0.132. The Morgan fingerprint density at radius 1 is 1.03 bits per heavy atom. The lowest BCUT2D eigenvalue weighted by Gasteiger charge is -2.27. The number of nitrogens with zero attached hydrogens (tertiary/aromatic N) is 3. The van der Waals surface area contributed by atoms with Gasteiger partial charge in [0.2, 0.25) is 5.91 Å². The van der Waals surface area contributed by atoms with Gasteiger partial charge in [0.1, 0.15) is 4.70 Å². The SMILES string of the molecule is O=C1CNCCN1Cc1ccc(CCn2cnc3cc(-c4ccc(Cl)cc4)sc3c2=O)cc1. The molecule has 0 aliphatic carbocycles. The molecule has 33 heavy (non-hydrogen) atoms. The number of aromatic nitrogens is 2. The van der Waals surface area contributed by atoms with Crippen LogP contribution in [0.4, 0.5) is 0 Å². The van der Waals surface area contributed by atoms with Crippen LogP contribution in [0.3, 0.4) is 0 Å². The average Bonchev–Trinajstić information content (AvgIpc) is 3.27. The van der Waals surface area contributed by atoms with Gasteiger partial charge >= 0.3 is 0 Å². The number of carbonyl (C=O) groups excluding carboxylic acids is 1. The molecule has 5 rings (SSSR count). The number of halogens is 1. The third kappa shape index (κ3) is 4.85. The van der Waals surface area contributed by atoms with Crippen molar-refractivity contribution in [3.63, 3.8) is 0 Å². The summed E-state index contributed by atoms with van der Waals surface area (Å²) in [5.74, 6) is 0.139. The number of aryl methyl sites for hydroxylation is 2. The van der Waals surface area contributed by atoms with Crippen molar-refractivity contribution in [2.45, 2.75) is 19.5 Å². The topological polar surface area (TPSA) is 67.2 Å². The molecule has 168 valence electrons. The first-order chi connectivity index (χ1) is 16.1. The molecule has 3 heterocycles. The summed E-state index contributed by atoms with van der Waals surface area (Å²) in [4.78, 5) is 32.4. The minimum atomic E-state index is -0.0148. The van der Waals surface area contributed by atoms with E-state index in [2.05, 4.69) is 34.6 Å². The van der Waals surface area contributed by atoms with E-state index < -0.39 is 0 Å². The monoisotopic (exact) mass is 478 g/mol. The van der Waals surface area contributed by atoms with Crippen molar-refractivity contribution in [3.05, 3.63) is 87.4 Å². The summed E-state index contributed by atoms with van der Waals surface area (Å²) in [7, 11) is 0. The van der Waals surface area contributed by atoms with Gasteiger partial charge in [-0.15, -0.1) is 11.3 Å². The third-order valence-electron chi connectivity index (χ3n) is 5.86. The van der Waals surface area contributed by atoms with Crippen LogP contribution in [0.15, 0.2) is 65.7 Å². The predicted octanol–water partition coefficient (Wildman–Crippen LogP) is 3.95. The maximum absolute atomic E-state index is 13.0. The second kappa shape index (κ2) is 9.47. The summed E-state index contributed by atoms with van der Waals surface area (Å²) in [6.07, 6.45) is 2.36. The number of rotatable bonds is 6. The van der Waals surface area contributed by atoms with Crippen molar-refractivity contribution in [3.8, 4) is 10.4 Å². The summed E-state index contributed by atoms with van der Waals surface area (Å²) >= 11 is 7.45. The Labute approximate surface area is 200 Å². The van der Waals surface area contributed by atoms with E-state index in [0.717, 1.165) is 46.6 Å². The van der Waals surface area contributed by atoms with E-state index in [4.69, 9.17) is 11.6 Å². The summed E-state index contributed by atoms with van der Waals surface area (Å²) in [5.41, 5.74) is 3.99. The molecule has 0 spiro atoms. The van der Waals surface area contributed by atoms with E-state index in [-0.39, 0.29) is 11.5 Å². The van der Waals surface area contributed by atoms with Gasteiger partial charge in [0, 0.05) is 36.1 Å². The highest BCUT2D eigenvalue weighted by Gasteiger charge is 2.17. The van der Waals surface area contributed by atoms with Gasteiger partial charge in [0.15, 0.2) is 0 Å². The first-order valence-corrected chi connectivity index (χ1v) is 12.1. The molecule has 1 saturated heterocycles. The molecule has 0 atom stereocenters. The van der Waals surface area contributed by atoms with Crippen LogP contribution in [0.2, 0.25) is 5.02 Å². The summed E-state index contributed by atoms with van der Waals surface area (Å²) in [6.45, 7) is 3.18. The number of nitrogens with one attached hydrogen (secondary N) is 1. The van der Waals surface area contributed by atoms with Crippen molar-refractivity contribution >= 4 is 39.1 Å². The fourth-order valence-corrected chi connectivity index (χ4v) is 5.15. The maximum Gasteiger partial charge on any atom is 0.271 e. The van der Waals surface area contributed by atoms with Crippen LogP contribution >= 0.6 is 22.9 Å². The van der Waals surface area contributed by atoms with Gasteiger partial charge in [-0.05, 0) is 41.3 Å². The standard InChI is InChI=1S/C25H23ClN4O2S/c26-20-7-5-19(6-8-20)22-13-21-24(33-22)25(32)30(16-28-21)11-9-17-1-3-18(4-2-17)15-29-12-10-27-14-23(29)31/h1-8,13,16,27H,9-12,14-15H2. The normalized spacial score (nSPS) is 14.2. The van der Waals surface area contributed by atoms with Crippen LogP contribution in [0.1, 0.15) is 11.1 Å². The molecule has 1 N–H and O–H groups in total. The Hall–Kier alpha value is -3.00. The lowest BCUT2D eigenvalue weighted by Crippen LogP contribution is -2.47. The largest absolute Gasteiger partial charge is 0.336 e. The van der Waals surface area contributed by atoms with Crippen LogP contribution in [-0.2, 0) is 24.3 Å². The van der Waals surface area contributed by atoms with E-state index in [9.17, 15) is 9.59 Å². The number of hydrogen-bond acceptors (Lipinski definition) is 5. The molecule has 1 aliphatic rings. The molecule has 0 bridgehead atoms. The van der Waals surface area contributed by atoms with Gasteiger partial charge in [-0.25, -0.2) is 4.98 Å². The molecule has 0 unspecified atom stereocenters. The zero-order chi connectivity index (χ0) is 22.8. The summed E-state index contributed by atoms with van der Waals surface area (Å²) in [5, 5.41) is 3.78. The Bertz CT molecular complexity index is 1350. The van der Waals surface area contributed by atoms with Crippen LogP contribution in [0, 0.1) is 0 Å². The van der Waals surface area contributed by atoms with Gasteiger partial charge in [-0.2, -0.15) is 0 Å². The highest BCUT2D eigenvalue weighted by Crippen LogP contribution is 2.31. The van der Waals surface area contributed by atoms with Gasteiger partial charge < -0.3 is 10.2 Å². The van der Waals surface area contributed by atoms with E-state index in [1.165, 1.54) is 11.3 Å². The van der Waals surface area contributed by atoms with Crippen LogP contribution < -0.4 is 10.9 Å². The third-order valence-corrected chi connectivity index (χ3v) is 7.27. The fraction of sp³-hybridized carbons (Fsp3) is 0.240. The van der Waals surface area contributed by atoms with E-state index >= 15 is 0 Å². The first kappa shape index (κ1) is 21.8. The average molecular weight is 479 g/mol. The van der Waals surface area contributed by atoms with Crippen LogP contribution in [0.5, 0.6) is 0 Å². The molecule has 8 heteroatoms. The number of hydrogen-bond donors (Lipinski definition) is 1. The molecule has 0 radical (unpaired) electrons. The Morgan fingerprint density at radius 2 is 1.79 bits per heavy atom. The molecule has 2 aromatic carbocycles. The Kier molecular flexibility index (Phi) is 6.26. The smallest absolute Gasteiger partial charge is 0.271 e. The highest BCUT2D eigenvalue weighted by molar-refractivity contribution is 7.22. The second-order valence-corrected chi connectivity index (χ2v) is 9.62. The van der Waals surface area contributed by atoms with Crippen LogP contribution in [0.25, 0.3) is 20.7 Å². The van der Waals surface area contributed by atoms with Gasteiger partial charge in [-0.1, -0.05) is 48.0 Å². The first-order valence-electron chi connectivity index (χ1n) is 10.9. The maximum atomic E-state index is 13.0. The summed E-state index contributed by atoms with van der Waals surface area (Å²) in [6, 6.07) is 17.8. The Morgan fingerprint density at radius 3 is 2.55 bits per heavy atom. The minimum Gasteiger partial charge on any atom is -0.336 e. The molecule has 0 saturated carbocycles. The molecule has 4 aromatic rings. The number of amides is 1. The van der Waals surface area contributed by atoms with Crippen molar-refractivity contribution in [1.82, 2.24) is 19.8 Å². The zero-order valence-corrected chi connectivity index (χ0v) is 19.5. The number of fused-ring (bicyclic) bond motifs is 1. The van der Waals surface area contributed by atoms with Crippen molar-refractivity contribution in [2.75, 3.05) is 19.6 Å². The summed E-state index contributed by atoms with van der Waals surface area (Å²) < 4.78 is 2.34. The highest BCUT2D eigenvalue weighted by atomic mass is 35.5. The molecule has 1 amide bonds. The van der Waals surface area contributed by atoms with Crippen molar-refractivity contribution < 1.29 is 4.79 Å². The van der Waals surface area contributed by atoms with Crippen molar-refractivity contribution in [1.29, 1.82) is 0 Å². The van der Waals surface area contributed by atoms with E-state index in [0.29, 0.717) is 29.4 Å². The quantitative estimate of drug-likeness (QED) is 0.455. The number of carbonyl (C=O) groups is 1. The predicted molar refractivity (Wildman–Crippen MR) is 133 cm³/mol. The molecule has 1 fully saturated rings. The molecular formula is C25H23ClN4O2S. The molecule has 2 aromatic heterocycles. The van der Waals surface area contributed by atoms with Gasteiger partial charge in [-0.3, -0.25) is 14.2 Å². The molecule has 6 nitrogen and oxygen atoms in total. The van der Waals surface area contributed by atoms with Crippen molar-refractivity contribution in [2.24, 2.45) is 0 Å². The fourth-order valence-electron chi connectivity index (χ4n) is 3.96. The Balaban J connectivity index is 1.27. The number of thiophene rings is 1. The minimum absolute atomic E-state index is 0.0148. The molecule has 1 aliphatic heterocycles. The van der Waals surface area contributed by atoms with E-state index in [1.807, 2.05) is 35.2 Å². The number of benzene rings is 2. The van der Waals surface area contributed by atoms with Gasteiger partial charge in [0.05, 0.1) is 18.4 Å². The second-order valence-electron chi connectivity index (χ2n) is 8.13. The number of piperazine rings is 1. The zero-order valence-electron chi connectivity index (χ0n) is 18.0. The van der Waals surface area contributed by atoms with Crippen LogP contribution in [-0.4, -0.2) is 40.0 Å². The lowest BCUT2D eigenvalue weighted by atomic mass is 10.1.